The Hall–Kier alpha value is -2.96. The fourth-order valence-corrected chi connectivity index (χ4v) is 3.65. The quantitative estimate of drug-likeness (QED) is 0.360. The van der Waals surface area contributed by atoms with Gasteiger partial charge in [0.15, 0.2) is 0 Å². The van der Waals surface area contributed by atoms with E-state index in [9.17, 15) is 0 Å². The Bertz CT molecular complexity index is 1020. The monoisotopic (exact) mass is 405 g/mol. The molecule has 0 saturated heterocycles. The van der Waals surface area contributed by atoms with Crippen LogP contribution in [0.5, 0.6) is 0 Å². The zero-order chi connectivity index (χ0) is 19.9. The summed E-state index contributed by atoms with van der Waals surface area (Å²) in [6.07, 6.45) is 0.916. The van der Waals surface area contributed by atoms with Crippen molar-refractivity contribution in [2.24, 2.45) is 0 Å². The van der Waals surface area contributed by atoms with Gasteiger partial charge in [-0.05, 0) is 48.1 Å². The molecule has 6 heteroatoms. The van der Waals surface area contributed by atoms with Gasteiger partial charge < -0.3 is 14.6 Å². The second-order valence-electron chi connectivity index (χ2n) is 6.79. The predicted octanol–water partition coefficient (Wildman–Crippen LogP) is 5.73. The summed E-state index contributed by atoms with van der Waals surface area (Å²) in [5, 5.41) is 9.50. The summed E-state index contributed by atoms with van der Waals surface area (Å²) in [5.41, 5.74) is 3.41. The molecule has 4 aromatic rings. The molecule has 4 rings (SSSR count). The van der Waals surface area contributed by atoms with E-state index in [0.29, 0.717) is 24.9 Å². The third-order valence-electron chi connectivity index (χ3n) is 4.51. The van der Waals surface area contributed by atoms with Crippen LogP contribution in [0.1, 0.15) is 30.0 Å². The first-order chi connectivity index (χ1) is 14.3. The minimum Gasteiger partial charge on any atom is -0.376 e. The molecule has 0 radical (unpaired) electrons. The van der Waals surface area contributed by atoms with E-state index >= 15 is 0 Å². The van der Waals surface area contributed by atoms with Crippen molar-refractivity contribution in [2.45, 2.75) is 26.0 Å². The van der Waals surface area contributed by atoms with E-state index in [4.69, 9.17) is 9.26 Å². The number of hydrogen-bond acceptors (Lipinski definition) is 6. The number of aromatic nitrogens is 2. The van der Waals surface area contributed by atoms with Crippen LogP contribution in [0.4, 0.5) is 5.69 Å². The molecule has 2 aromatic heterocycles. The lowest BCUT2D eigenvalue weighted by Crippen LogP contribution is -2.07. The van der Waals surface area contributed by atoms with Crippen molar-refractivity contribution in [2.75, 3.05) is 11.9 Å². The Morgan fingerprint density at radius 2 is 1.90 bits per heavy atom. The van der Waals surface area contributed by atoms with Gasteiger partial charge in [0.2, 0.25) is 11.7 Å². The van der Waals surface area contributed by atoms with Gasteiger partial charge in [-0.1, -0.05) is 53.7 Å². The van der Waals surface area contributed by atoms with E-state index < -0.39 is 0 Å². The van der Waals surface area contributed by atoms with Crippen LogP contribution >= 0.6 is 11.3 Å². The van der Waals surface area contributed by atoms with Crippen LogP contribution in [0.2, 0.25) is 0 Å². The van der Waals surface area contributed by atoms with Crippen molar-refractivity contribution in [1.82, 2.24) is 10.1 Å². The fraction of sp³-hybridized carbons (Fsp3) is 0.217. The van der Waals surface area contributed by atoms with Gasteiger partial charge in [-0.3, -0.25) is 0 Å². The van der Waals surface area contributed by atoms with E-state index in [1.807, 2.05) is 42.6 Å². The van der Waals surface area contributed by atoms with E-state index in [1.165, 1.54) is 5.56 Å². The molecule has 0 aliphatic carbocycles. The zero-order valence-electron chi connectivity index (χ0n) is 16.2. The van der Waals surface area contributed by atoms with E-state index in [0.717, 1.165) is 22.5 Å². The Kier molecular flexibility index (Phi) is 6.34. The van der Waals surface area contributed by atoms with Crippen molar-refractivity contribution in [3.63, 3.8) is 0 Å². The third kappa shape index (κ3) is 5.31. The van der Waals surface area contributed by atoms with Crippen molar-refractivity contribution in [3.8, 4) is 10.7 Å². The second kappa shape index (κ2) is 9.49. The van der Waals surface area contributed by atoms with Crippen LogP contribution in [-0.2, 0) is 17.8 Å². The average molecular weight is 406 g/mol. The van der Waals surface area contributed by atoms with Gasteiger partial charge in [-0.2, -0.15) is 4.98 Å². The first-order valence-electron chi connectivity index (χ1n) is 9.62. The lowest BCUT2D eigenvalue weighted by atomic mass is 10.1. The number of hydrogen-bond donors (Lipinski definition) is 1. The topological polar surface area (TPSA) is 60.2 Å². The summed E-state index contributed by atoms with van der Waals surface area (Å²) in [6.45, 7) is 3.29. The molecular weight excluding hydrogens is 382 g/mol. The fourth-order valence-electron chi connectivity index (χ4n) is 3.00. The van der Waals surface area contributed by atoms with Gasteiger partial charge in [0.25, 0.3) is 0 Å². The van der Waals surface area contributed by atoms with Gasteiger partial charge in [-0.15, -0.1) is 11.3 Å². The highest BCUT2D eigenvalue weighted by Crippen LogP contribution is 2.25. The minimum atomic E-state index is -0.0922. The van der Waals surface area contributed by atoms with Gasteiger partial charge in [0.1, 0.15) is 6.04 Å². The largest absolute Gasteiger partial charge is 0.376 e. The first-order valence-corrected chi connectivity index (χ1v) is 10.5. The molecule has 0 amide bonds. The standard InChI is InChI=1S/C23H23N3O2S/c1-17(23-25-22(26-28-23)21-11-6-14-29-21)24-20-10-5-9-19(15-20)16-27-13-12-18-7-3-2-4-8-18/h2-11,14-15,17,24H,12-13,16H2,1H3. The Labute approximate surface area is 174 Å². The lowest BCUT2D eigenvalue weighted by molar-refractivity contribution is 0.124. The summed E-state index contributed by atoms with van der Waals surface area (Å²) in [7, 11) is 0. The van der Waals surface area contributed by atoms with Crippen molar-refractivity contribution < 1.29 is 9.26 Å². The number of thiophene rings is 1. The van der Waals surface area contributed by atoms with Crippen LogP contribution in [-0.4, -0.2) is 16.7 Å². The third-order valence-corrected chi connectivity index (χ3v) is 5.38. The minimum absolute atomic E-state index is 0.0922. The number of nitrogens with zero attached hydrogens (tertiary/aromatic N) is 2. The molecular formula is C23H23N3O2S. The van der Waals surface area contributed by atoms with E-state index in [2.05, 4.69) is 51.9 Å². The molecule has 1 N–H and O–H groups in total. The first kappa shape index (κ1) is 19.4. The maximum atomic E-state index is 5.85. The smallest absolute Gasteiger partial charge is 0.249 e. The van der Waals surface area contributed by atoms with Gasteiger partial charge >= 0.3 is 0 Å². The molecule has 0 spiro atoms. The van der Waals surface area contributed by atoms with Crippen LogP contribution < -0.4 is 5.32 Å². The van der Waals surface area contributed by atoms with Crippen LogP contribution in [0.3, 0.4) is 0 Å². The molecule has 0 bridgehead atoms. The van der Waals surface area contributed by atoms with Crippen LogP contribution in [0.25, 0.3) is 10.7 Å². The molecule has 1 unspecified atom stereocenters. The molecule has 0 saturated carbocycles. The number of nitrogens with one attached hydrogen (secondary N) is 1. The number of rotatable bonds is 9. The SMILES string of the molecule is CC(Nc1cccc(COCCc2ccccc2)c1)c1nc(-c2cccs2)no1. The van der Waals surface area contributed by atoms with Gasteiger partial charge in [0.05, 0.1) is 18.1 Å². The predicted molar refractivity (Wildman–Crippen MR) is 116 cm³/mol. The van der Waals surface area contributed by atoms with E-state index in [1.54, 1.807) is 11.3 Å². The molecule has 0 aliphatic heterocycles. The Balaban J connectivity index is 1.30. The highest BCUT2D eigenvalue weighted by molar-refractivity contribution is 7.13. The highest BCUT2D eigenvalue weighted by Gasteiger charge is 2.15. The maximum absolute atomic E-state index is 5.85. The molecule has 2 heterocycles. The lowest BCUT2D eigenvalue weighted by Gasteiger charge is -2.12. The summed E-state index contributed by atoms with van der Waals surface area (Å²) in [4.78, 5) is 5.51. The highest BCUT2D eigenvalue weighted by atomic mass is 32.1. The Morgan fingerprint density at radius 3 is 2.72 bits per heavy atom. The molecule has 148 valence electrons. The Morgan fingerprint density at radius 1 is 1.03 bits per heavy atom. The zero-order valence-corrected chi connectivity index (χ0v) is 17.1. The number of benzene rings is 2. The average Bonchev–Trinajstić information content (AvgIpc) is 3.44. The van der Waals surface area contributed by atoms with Gasteiger partial charge in [0, 0.05) is 5.69 Å². The van der Waals surface area contributed by atoms with Crippen molar-refractivity contribution in [3.05, 3.63) is 89.1 Å². The summed E-state index contributed by atoms with van der Waals surface area (Å²) >= 11 is 1.60. The number of ether oxygens (including phenoxy) is 1. The molecule has 29 heavy (non-hydrogen) atoms. The molecule has 2 aromatic carbocycles. The van der Waals surface area contributed by atoms with Crippen molar-refractivity contribution in [1.29, 1.82) is 0 Å². The normalized spacial score (nSPS) is 12.0. The molecule has 1 atom stereocenters. The van der Waals surface area contributed by atoms with E-state index in [-0.39, 0.29) is 6.04 Å². The maximum Gasteiger partial charge on any atom is 0.249 e. The summed E-state index contributed by atoms with van der Waals surface area (Å²) < 4.78 is 11.3. The molecule has 5 nitrogen and oxygen atoms in total. The summed E-state index contributed by atoms with van der Waals surface area (Å²) in [5.74, 6) is 1.20. The second-order valence-corrected chi connectivity index (χ2v) is 7.74. The molecule has 0 aliphatic rings. The number of anilines is 1. The molecule has 0 fully saturated rings. The van der Waals surface area contributed by atoms with Crippen LogP contribution in [0.15, 0.2) is 76.6 Å². The van der Waals surface area contributed by atoms with Crippen molar-refractivity contribution >= 4 is 17.0 Å². The van der Waals surface area contributed by atoms with Crippen LogP contribution in [0, 0.1) is 0 Å². The summed E-state index contributed by atoms with van der Waals surface area (Å²) in [6, 6.07) is 22.5. The van der Waals surface area contributed by atoms with Gasteiger partial charge in [-0.25, -0.2) is 0 Å².